The third-order valence-corrected chi connectivity index (χ3v) is 7.71. The van der Waals surface area contributed by atoms with E-state index in [1.165, 1.54) is 0 Å². The van der Waals surface area contributed by atoms with Crippen LogP contribution >= 0.6 is 0 Å². The number of aromatic nitrogens is 2. The lowest BCUT2D eigenvalue weighted by Gasteiger charge is -2.31. The molecule has 0 aliphatic carbocycles. The third-order valence-electron chi connectivity index (χ3n) is 7.71. The third kappa shape index (κ3) is 3.54. The van der Waals surface area contributed by atoms with Crippen LogP contribution in [0.15, 0.2) is 29.1 Å². The SMILES string of the molecule is CCc1c2c(nc3ccc(OC(=O)N4CCNCC4)cc13)-c1cc3c(c(=O)n1C2)COC(=O)C3(O)CC. The number of nitrogens with one attached hydrogen (secondary N) is 1. The number of hydrogen-bond acceptors (Lipinski definition) is 8. The second-order valence-corrected chi connectivity index (χ2v) is 9.66. The number of hydrogen-bond donors (Lipinski definition) is 2. The van der Waals surface area contributed by atoms with Gasteiger partial charge in [0.05, 0.1) is 29.0 Å². The minimum atomic E-state index is -1.86. The van der Waals surface area contributed by atoms with Gasteiger partial charge in [-0.05, 0) is 42.7 Å². The Kier molecular flexibility index (Phi) is 5.54. The molecule has 1 amide bonds. The highest BCUT2D eigenvalue weighted by molar-refractivity contribution is 5.90. The quantitative estimate of drug-likeness (QED) is 0.407. The summed E-state index contributed by atoms with van der Waals surface area (Å²) in [6.07, 6.45) is 0.396. The van der Waals surface area contributed by atoms with Gasteiger partial charge in [-0.1, -0.05) is 13.8 Å². The summed E-state index contributed by atoms with van der Waals surface area (Å²) in [4.78, 5) is 45.1. The van der Waals surface area contributed by atoms with Crippen LogP contribution in [0, 0.1) is 0 Å². The molecule has 1 aromatic carbocycles. The summed E-state index contributed by atoms with van der Waals surface area (Å²) in [5.41, 5.74) is 2.31. The number of cyclic esters (lactones) is 1. The Labute approximate surface area is 212 Å². The number of esters is 1. The van der Waals surface area contributed by atoms with E-state index in [-0.39, 0.29) is 24.7 Å². The molecule has 6 rings (SSSR count). The van der Waals surface area contributed by atoms with Crippen molar-refractivity contribution in [2.24, 2.45) is 0 Å². The summed E-state index contributed by atoms with van der Waals surface area (Å²) in [7, 11) is 0. The van der Waals surface area contributed by atoms with Crippen LogP contribution in [0.25, 0.3) is 22.3 Å². The number of benzene rings is 1. The number of piperazine rings is 1. The topological polar surface area (TPSA) is 123 Å². The molecule has 37 heavy (non-hydrogen) atoms. The molecule has 3 aliphatic rings. The zero-order valence-corrected chi connectivity index (χ0v) is 20.8. The smallest absolute Gasteiger partial charge is 0.415 e. The Morgan fingerprint density at radius 1 is 1.19 bits per heavy atom. The van der Waals surface area contributed by atoms with Gasteiger partial charge in [-0.15, -0.1) is 0 Å². The van der Waals surface area contributed by atoms with Gasteiger partial charge in [0.2, 0.25) is 0 Å². The van der Waals surface area contributed by atoms with Gasteiger partial charge in [0.1, 0.15) is 12.4 Å². The van der Waals surface area contributed by atoms with Crippen molar-refractivity contribution in [1.82, 2.24) is 19.8 Å². The Hall–Kier alpha value is -3.76. The maximum atomic E-state index is 13.5. The number of ether oxygens (including phenoxy) is 2. The van der Waals surface area contributed by atoms with Crippen molar-refractivity contribution < 1.29 is 24.2 Å². The molecule has 1 saturated heterocycles. The van der Waals surface area contributed by atoms with Crippen molar-refractivity contribution in [2.45, 2.75) is 45.4 Å². The Balaban J connectivity index is 1.44. The summed E-state index contributed by atoms with van der Waals surface area (Å²) >= 11 is 0. The lowest BCUT2D eigenvalue weighted by molar-refractivity contribution is -0.172. The van der Waals surface area contributed by atoms with E-state index in [0.717, 1.165) is 29.6 Å². The first kappa shape index (κ1) is 23.6. The van der Waals surface area contributed by atoms with Crippen molar-refractivity contribution in [2.75, 3.05) is 26.2 Å². The van der Waals surface area contributed by atoms with Gasteiger partial charge in [0.25, 0.3) is 5.56 Å². The van der Waals surface area contributed by atoms with Crippen molar-refractivity contribution in [3.05, 3.63) is 56.9 Å². The van der Waals surface area contributed by atoms with E-state index in [2.05, 4.69) is 5.32 Å². The van der Waals surface area contributed by atoms with Crippen LogP contribution in [0.1, 0.15) is 42.5 Å². The molecule has 0 saturated carbocycles. The minimum Gasteiger partial charge on any atom is -0.458 e. The molecule has 0 radical (unpaired) electrons. The van der Waals surface area contributed by atoms with Gasteiger partial charge in [-0.3, -0.25) is 4.79 Å². The average Bonchev–Trinajstić information content (AvgIpc) is 3.28. The van der Waals surface area contributed by atoms with E-state index in [4.69, 9.17) is 14.5 Å². The lowest BCUT2D eigenvalue weighted by atomic mass is 9.86. The number of aliphatic hydroxyl groups is 1. The summed E-state index contributed by atoms with van der Waals surface area (Å²) < 4.78 is 12.5. The van der Waals surface area contributed by atoms with E-state index in [9.17, 15) is 19.5 Å². The fourth-order valence-corrected chi connectivity index (χ4v) is 5.62. The molecule has 0 bridgehead atoms. The summed E-state index contributed by atoms with van der Waals surface area (Å²) in [6.45, 7) is 6.56. The van der Waals surface area contributed by atoms with E-state index in [0.29, 0.717) is 59.8 Å². The van der Waals surface area contributed by atoms with Gasteiger partial charge < -0.3 is 29.4 Å². The van der Waals surface area contributed by atoms with Gasteiger partial charge in [0.15, 0.2) is 5.60 Å². The predicted molar refractivity (Wildman–Crippen MR) is 134 cm³/mol. The number of aryl methyl sites for hydroxylation is 1. The van der Waals surface area contributed by atoms with Crippen molar-refractivity contribution in [1.29, 1.82) is 0 Å². The molecular formula is C27H28N4O6. The molecule has 5 heterocycles. The highest BCUT2D eigenvalue weighted by Gasteiger charge is 2.45. The number of amides is 1. The van der Waals surface area contributed by atoms with Crippen LogP contribution in [-0.4, -0.2) is 57.8 Å². The summed E-state index contributed by atoms with van der Waals surface area (Å²) in [5, 5.41) is 15.2. The van der Waals surface area contributed by atoms with Gasteiger partial charge in [-0.2, -0.15) is 0 Å². The Morgan fingerprint density at radius 3 is 2.70 bits per heavy atom. The summed E-state index contributed by atoms with van der Waals surface area (Å²) in [6, 6.07) is 7.09. The number of fused-ring (bicyclic) bond motifs is 5. The molecule has 1 unspecified atom stereocenters. The molecule has 10 nitrogen and oxygen atoms in total. The monoisotopic (exact) mass is 504 g/mol. The summed E-state index contributed by atoms with van der Waals surface area (Å²) in [5.74, 6) is -0.298. The van der Waals surface area contributed by atoms with Crippen molar-refractivity contribution >= 4 is 23.0 Å². The molecular weight excluding hydrogens is 476 g/mol. The van der Waals surface area contributed by atoms with Crippen LogP contribution in [-0.2, 0) is 34.7 Å². The largest absolute Gasteiger partial charge is 0.458 e. The number of carbonyl (C=O) groups excluding carboxylic acids is 2. The molecule has 10 heteroatoms. The van der Waals surface area contributed by atoms with E-state index >= 15 is 0 Å². The highest BCUT2D eigenvalue weighted by atomic mass is 16.6. The van der Waals surface area contributed by atoms with Crippen molar-refractivity contribution in [3.8, 4) is 17.1 Å². The first-order chi connectivity index (χ1) is 17.9. The number of carbonyl (C=O) groups is 2. The van der Waals surface area contributed by atoms with E-state index < -0.39 is 11.6 Å². The maximum Gasteiger partial charge on any atom is 0.415 e. The first-order valence-corrected chi connectivity index (χ1v) is 12.7. The lowest BCUT2D eigenvalue weighted by Crippen LogP contribution is -2.47. The fraction of sp³-hybridized carbons (Fsp3) is 0.407. The number of nitrogens with zero attached hydrogens (tertiary/aromatic N) is 3. The fourth-order valence-electron chi connectivity index (χ4n) is 5.62. The second-order valence-electron chi connectivity index (χ2n) is 9.66. The molecule has 3 aliphatic heterocycles. The molecule has 3 aromatic rings. The minimum absolute atomic E-state index is 0.0926. The molecule has 2 aromatic heterocycles. The van der Waals surface area contributed by atoms with E-state index in [1.807, 2.05) is 19.1 Å². The van der Waals surface area contributed by atoms with E-state index in [1.54, 1.807) is 28.5 Å². The first-order valence-electron chi connectivity index (χ1n) is 12.7. The zero-order chi connectivity index (χ0) is 25.9. The molecule has 192 valence electrons. The number of rotatable bonds is 3. The zero-order valence-electron chi connectivity index (χ0n) is 20.8. The van der Waals surface area contributed by atoms with Crippen LogP contribution in [0.5, 0.6) is 5.75 Å². The van der Waals surface area contributed by atoms with Crippen LogP contribution < -0.4 is 15.6 Å². The van der Waals surface area contributed by atoms with Crippen LogP contribution in [0.2, 0.25) is 0 Å². The standard InChI is InChI=1S/C27H28N4O6/c1-3-16-17-11-15(37-26(34)30-9-7-28-8-10-30)5-6-21(17)29-23-18(16)13-31-22(23)12-20-19(24(31)32)14-36-25(33)27(20,35)4-2/h5-6,11-12,28,35H,3-4,7-10,13-14H2,1-2H3. The number of pyridine rings is 2. The molecule has 0 spiro atoms. The van der Waals surface area contributed by atoms with Gasteiger partial charge in [-0.25, -0.2) is 14.6 Å². The maximum absolute atomic E-state index is 13.5. The molecule has 2 N–H and O–H groups in total. The van der Waals surface area contributed by atoms with Crippen LogP contribution in [0.4, 0.5) is 4.79 Å². The van der Waals surface area contributed by atoms with Gasteiger partial charge >= 0.3 is 12.1 Å². The highest BCUT2D eigenvalue weighted by Crippen LogP contribution is 2.40. The molecule has 1 atom stereocenters. The molecule has 1 fully saturated rings. The Bertz CT molecular complexity index is 1520. The second kappa shape index (κ2) is 8.67. The predicted octanol–water partition coefficient (Wildman–Crippen LogP) is 2.05. The normalized spacial score (nSPS) is 20.3. The average molecular weight is 505 g/mol. The Morgan fingerprint density at radius 2 is 1.97 bits per heavy atom. The van der Waals surface area contributed by atoms with Crippen LogP contribution in [0.3, 0.4) is 0 Å². The van der Waals surface area contributed by atoms with Crippen molar-refractivity contribution in [3.63, 3.8) is 0 Å². The van der Waals surface area contributed by atoms with Gasteiger partial charge in [0, 0.05) is 42.7 Å².